The smallest absolute Gasteiger partial charge is 0.224 e. The maximum Gasteiger partial charge on any atom is 0.224 e. The summed E-state index contributed by atoms with van der Waals surface area (Å²) >= 11 is 0. The van der Waals surface area contributed by atoms with Crippen molar-refractivity contribution < 1.29 is 9.53 Å². The van der Waals surface area contributed by atoms with Crippen molar-refractivity contribution >= 4 is 16.7 Å². The highest BCUT2D eigenvalue weighted by molar-refractivity contribution is 5.86. The van der Waals surface area contributed by atoms with E-state index in [1.807, 2.05) is 44.2 Å². The van der Waals surface area contributed by atoms with Gasteiger partial charge in [-0.3, -0.25) is 4.79 Å². The highest BCUT2D eigenvalue weighted by Gasteiger charge is 2.57. The lowest BCUT2D eigenvalue weighted by Gasteiger charge is -2.26. The molecule has 1 unspecified atom stereocenters. The third-order valence-electron chi connectivity index (χ3n) is 5.06. The number of benzene rings is 1. The van der Waals surface area contributed by atoms with E-state index in [1.54, 1.807) is 6.20 Å². The van der Waals surface area contributed by atoms with E-state index in [2.05, 4.69) is 15.6 Å². The van der Waals surface area contributed by atoms with Gasteiger partial charge in [-0.05, 0) is 56.3 Å². The molecule has 2 heterocycles. The normalized spacial score (nSPS) is 25.3. The topological polar surface area (TPSA) is 63.2 Å². The average molecular weight is 325 g/mol. The maximum absolute atomic E-state index is 12.4. The number of carbonyl (C=O) groups excluding carboxylic acids is 1. The molecule has 1 amide bonds. The predicted octanol–water partition coefficient (Wildman–Crippen LogP) is 1.97. The van der Waals surface area contributed by atoms with Gasteiger partial charge in [0.15, 0.2) is 0 Å². The van der Waals surface area contributed by atoms with Crippen LogP contribution in [0, 0.1) is 17.8 Å². The number of aromatic nitrogens is 1. The molecular formula is C19H23N3O2. The van der Waals surface area contributed by atoms with Crippen LogP contribution in [-0.2, 0) is 4.79 Å². The molecule has 4 rings (SSSR count). The van der Waals surface area contributed by atoms with Crippen molar-refractivity contribution in [3.63, 3.8) is 0 Å². The Morgan fingerprint density at radius 3 is 2.83 bits per heavy atom. The molecule has 2 aromatic rings. The van der Waals surface area contributed by atoms with Crippen molar-refractivity contribution in [1.82, 2.24) is 15.6 Å². The molecule has 2 fully saturated rings. The number of amides is 1. The minimum Gasteiger partial charge on any atom is -0.475 e. The molecular weight excluding hydrogens is 302 g/mol. The summed E-state index contributed by atoms with van der Waals surface area (Å²) in [5.74, 6) is 2.01. The summed E-state index contributed by atoms with van der Waals surface area (Å²) in [4.78, 5) is 16.8. The summed E-state index contributed by atoms with van der Waals surface area (Å²) < 4.78 is 5.94. The Kier molecular flexibility index (Phi) is 3.68. The summed E-state index contributed by atoms with van der Waals surface area (Å²) in [6.07, 6.45) is 1.75. The Labute approximate surface area is 141 Å². The standard InChI is InChI=1S/C19H23N3O2/c1-19(2,22-17(23)16-14-9-20-10-15(14)16)11-24-18-13-6-4-3-5-12(13)7-8-21-18/h3-8,14-16,20H,9-11H2,1-2H3,(H,22,23)/t14-,15+,16?. The minimum atomic E-state index is -0.431. The largest absolute Gasteiger partial charge is 0.475 e. The first kappa shape index (κ1) is 15.4. The summed E-state index contributed by atoms with van der Waals surface area (Å²) in [6, 6.07) is 9.98. The van der Waals surface area contributed by atoms with Crippen molar-refractivity contribution in [3.8, 4) is 5.88 Å². The number of pyridine rings is 1. The molecule has 0 bridgehead atoms. The highest BCUT2D eigenvalue weighted by Crippen LogP contribution is 2.48. The van der Waals surface area contributed by atoms with Gasteiger partial charge in [-0.2, -0.15) is 0 Å². The zero-order valence-corrected chi connectivity index (χ0v) is 14.1. The van der Waals surface area contributed by atoms with Crippen LogP contribution in [0.3, 0.4) is 0 Å². The first-order chi connectivity index (χ1) is 11.6. The van der Waals surface area contributed by atoms with Gasteiger partial charge in [-0.1, -0.05) is 18.2 Å². The van der Waals surface area contributed by atoms with Gasteiger partial charge in [0, 0.05) is 17.5 Å². The molecule has 1 saturated carbocycles. The summed E-state index contributed by atoms with van der Waals surface area (Å²) in [7, 11) is 0. The predicted molar refractivity (Wildman–Crippen MR) is 92.8 cm³/mol. The number of ether oxygens (including phenoxy) is 1. The molecule has 0 spiro atoms. The SMILES string of the molecule is CC(C)(COc1nccc2ccccc12)NC(=O)C1[C@H]2CNC[C@@H]12. The summed E-state index contributed by atoms with van der Waals surface area (Å²) in [5, 5.41) is 8.56. The Hall–Kier alpha value is -2.14. The number of nitrogens with zero attached hydrogens (tertiary/aromatic N) is 1. The Morgan fingerprint density at radius 1 is 1.29 bits per heavy atom. The molecule has 3 atom stereocenters. The molecule has 1 aromatic heterocycles. The number of carbonyl (C=O) groups is 1. The van der Waals surface area contributed by atoms with Crippen LogP contribution in [0.4, 0.5) is 0 Å². The third-order valence-corrected chi connectivity index (χ3v) is 5.06. The number of hydrogen-bond acceptors (Lipinski definition) is 4. The molecule has 1 aliphatic heterocycles. The second-order valence-electron chi connectivity index (χ2n) is 7.51. The van der Waals surface area contributed by atoms with Crippen molar-refractivity contribution in [1.29, 1.82) is 0 Å². The van der Waals surface area contributed by atoms with Crippen LogP contribution < -0.4 is 15.4 Å². The zero-order chi connectivity index (χ0) is 16.7. The van der Waals surface area contributed by atoms with Crippen LogP contribution in [0.2, 0.25) is 0 Å². The molecule has 1 aromatic carbocycles. The van der Waals surface area contributed by atoms with Gasteiger partial charge in [-0.15, -0.1) is 0 Å². The van der Waals surface area contributed by atoms with Crippen molar-refractivity contribution in [2.75, 3.05) is 19.7 Å². The monoisotopic (exact) mass is 325 g/mol. The van der Waals surface area contributed by atoms with Crippen LogP contribution in [0.25, 0.3) is 10.8 Å². The first-order valence-corrected chi connectivity index (χ1v) is 8.54. The minimum absolute atomic E-state index is 0.158. The number of nitrogens with one attached hydrogen (secondary N) is 2. The number of hydrogen-bond donors (Lipinski definition) is 2. The Balaban J connectivity index is 1.39. The van der Waals surface area contributed by atoms with Crippen LogP contribution in [-0.4, -0.2) is 36.1 Å². The molecule has 5 heteroatoms. The van der Waals surface area contributed by atoms with E-state index in [0.29, 0.717) is 24.3 Å². The average Bonchev–Trinajstić information content (AvgIpc) is 3.06. The van der Waals surface area contributed by atoms with Crippen molar-refractivity contribution in [3.05, 3.63) is 36.5 Å². The molecule has 5 nitrogen and oxygen atoms in total. The van der Waals surface area contributed by atoms with Crippen molar-refractivity contribution in [2.45, 2.75) is 19.4 Å². The molecule has 126 valence electrons. The molecule has 2 N–H and O–H groups in total. The van der Waals surface area contributed by atoms with Gasteiger partial charge in [0.25, 0.3) is 0 Å². The van der Waals surface area contributed by atoms with Crippen LogP contribution >= 0.6 is 0 Å². The second-order valence-corrected chi connectivity index (χ2v) is 7.51. The van der Waals surface area contributed by atoms with E-state index in [1.165, 1.54) is 0 Å². The van der Waals surface area contributed by atoms with E-state index in [4.69, 9.17) is 4.74 Å². The lowest BCUT2D eigenvalue weighted by molar-refractivity contribution is -0.125. The lowest BCUT2D eigenvalue weighted by atomic mass is 10.1. The van der Waals surface area contributed by atoms with Gasteiger partial charge < -0.3 is 15.4 Å². The van der Waals surface area contributed by atoms with E-state index < -0.39 is 5.54 Å². The van der Waals surface area contributed by atoms with Gasteiger partial charge in [0.2, 0.25) is 11.8 Å². The molecule has 24 heavy (non-hydrogen) atoms. The van der Waals surface area contributed by atoms with E-state index in [9.17, 15) is 4.79 Å². The fourth-order valence-corrected chi connectivity index (χ4v) is 3.72. The van der Waals surface area contributed by atoms with E-state index in [0.717, 1.165) is 23.9 Å². The van der Waals surface area contributed by atoms with Gasteiger partial charge in [-0.25, -0.2) is 4.98 Å². The molecule has 2 aliphatic rings. The highest BCUT2D eigenvalue weighted by atomic mass is 16.5. The summed E-state index contributed by atoms with van der Waals surface area (Å²) in [5.41, 5.74) is -0.431. The molecule has 0 radical (unpaired) electrons. The van der Waals surface area contributed by atoms with E-state index in [-0.39, 0.29) is 11.8 Å². The Bertz CT molecular complexity index is 759. The summed E-state index contributed by atoms with van der Waals surface area (Å²) in [6.45, 7) is 6.32. The number of piperidine rings is 1. The zero-order valence-electron chi connectivity index (χ0n) is 14.1. The quantitative estimate of drug-likeness (QED) is 0.882. The second kappa shape index (κ2) is 5.74. The van der Waals surface area contributed by atoms with E-state index >= 15 is 0 Å². The van der Waals surface area contributed by atoms with Gasteiger partial charge in [0.05, 0.1) is 5.54 Å². The first-order valence-electron chi connectivity index (χ1n) is 8.54. The van der Waals surface area contributed by atoms with Crippen LogP contribution in [0.5, 0.6) is 5.88 Å². The fourth-order valence-electron chi connectivity index (χ4n) is 3.72. The number of fused-ring (bicyclic) bond motifs is 2. The fraction of sp³-hybridized carbons (Fsp3) is 0.474. The van der Waals surface area contributed by atoms with Crippen LogP contribution in [0.1, 0.15) is 13.8 Å². The third kappa shape index (κ3) is 2.84. The van der Waals surface area contributed by atoms with Crippen molar-refractivity contribution in [2.24, 2.45) is 17.8 Å². The Morgan fingerprint density at radius 2 is 2.04 bits per heavy atom. The van der Waals surface area contributed by atoms with Crippen LogP contribution in [0.15, 0.2) is 36.5 Å². The van der Waals surface area contributed by atoms with Gasteiger partial charge >= 0.3 is 0 Å². The van der Waals surface area contributed by atoms with Gasteiger partial charge in [0.1, 0.15) is 6.61 Å². The molecule has 1 saturated heterocycles. The lowest BCUT2D eigenvalue weighted by Crippen LogP contribution is -2.49. The molecule has 1 aliphatic carbocycles. The number of rotatable bonds is 5. The maximum atomic E-state index is 12.4.